The fourth-order valence-corrected chi connectivity index (χ4v) is 1.93. The SMILES string of the molecule is NNC(Cc1ccccn1)c1cccc(OC(F)(F)F)c1. The predicted octanol–water partition coefficient (Wildman–Crippen LogP) is 2.73. The molecule has 112 valence electrons. The lowest BCUT2D eigenvalue weighted by molar-refractivity contribution is -0.274. The smallest absolute Gasteiger partial charge is 0.406 e. The number of pyridine rings is 1. The van der Waals surface area contributed by atoms with Crippen molar-refractivity contribution in [1.29, 1.82) is 0 Å². The number of nitrogens with zero attached hydrogens (tertiary/aromatic N) is 1. The van der Waals surface area contributed by atoms with Gasteiger partial charge in [-0.05, 0) is 29.8 Å². The van der Waals surface area contributed by atoms with E-state index in [1.807, 2.05) is 12.1 Å². The van der Waals surface area contributed by atoms with Crippen LogP contribution in [0.25, 0.3) is 0 Å². The fourth-order valence-electron chi connectivity index (χ4n) is 1.93. The molecule has 0 aliphatic rings. The summed E-state index contributed by atoms with van der Waals surface area (Å²) in [6.45, 7) is 0. The van der Waals surface area contributed by atoms with Gasteiger partial charge < -0.3 is 4.74 Å². The molecule has 1 aromatic heterocycles. The number of alkyl halides is 3. The molecule has 0 bridgehead atoms. The summed E-state index contributed by atoms with van der Waals surface area (Å²) in [5, 5.41) is 0. The number of aromatic nitrogens is 1. The largest absolute Gasteiger partial charge is 0.573 e. The number of hydrogen-bond acceptors (Lipinski definition) is 4. The molecule has 1 heterocycles. The summed E-state index contributed by atoms with van der Waals surface area (Å²) in [6, 6.07) is 10.8. The van der Waals surface area contributed by atoms with Crippen molar-refractivity contribution >= 4 is 0 Å². The van der Waals surface area contributed by atoms with Crippen LogP contribution in [-0.4, -0.2) is 11.3 Å². The quantitative estimate of drug-likeness (QED) is 0.658. The Balaban J connectivity index is 2.16. The molecule has 7 heteroatoms. The summed E-state index contributed by atoms with van der Waals surface area (Å²) < 4.78 is 40.6. The van der Waals surface area contributed by atoms with Gasteiger partial charge >= 0.3 is 6.36 Å². The lowest BCUT2D eigenvalue weighted by Gasteiger charge is -2.17. The van der Waals surface area contributed by atoms with Crippen molar-refractivity contribution in [3.63, 3.8) is 0 Å². The van der Waals surface area contributed by atoms with Crippen molar-refractivity contribution in [3.05, 3.63) is 59.9 Å². The summed E-state index contributed by atoms with van der Waals surface area (Å²) >= 11 is 0. The van der Waals surface area contributed by atoms with Crippen LogP contribution in [0.3, 0.4) is 0 Å². The zero-order valence-electron chi connectivity index (χ0n) is 11.0. The second-order valence-corrected chi connectivity index (χ2v) is 4.36. The van der Waals surface area contributed by atoms with E-state index in [2.05, 4.69) is 15.1 Å². The van der Waals surface area contributed by atoms with Gasteiger partial charge in [0.25, 0.3) is 0 Å². The van der Waals surface area contributed by atoms with Gasteiger partial charge in [-0.2, -0.15) is 0 Å². The summed E-state index contributed by atoms with van der Waals surface area (Å²) in [4.78, 5) is 4.17. The second-order valence-electron chi connectivity index (χ2n) is 4.36. The Morgan fingerprint density at radius 2 is 2.00 bits per heavy atom. The van der Waals surface area contributed by atoms with Crippen LogP contribution in [-0.2, 0) is 6.42 Å². The average molecular weight is 297 g/mol. The topological polar surface area (TPSA) is 60.2 Å². The van der Waals surface area contributed by atoms with Crippen LogP contribution < -0.4 is 16.0 Å². The molecule has 1 atom stereocenters. The first-order chi connectivity index (χ1) is 9.98. The molecule has 1 unspecified atom stereocenters. The van der Waals surface area contributed by atoms with Crippen LogP contribution in [0.1, 0.15) is 17.3 Å². The van der Waals surface area contributed by atoms with Gasteiger partial charge in [-0.15, -0.1) is 13.2 Å². The molecule has 0 saturated heterocycles. The molecule has 0 fully saturated rings. The number of benzene rings is 1. The van der Waals surface area contributed by atoms with E-state index < -0.39 is 6.36 Å². The predicted molar refractivity (Wildman–Crippen MR) is 71.1 cm³/mol. The first-order valence-corrected chi connectivity index (χ1v) is 6.19. The number of hydrogen-bond donors (Lipinski definition) is 2. The van der Waals surface area contributed by atoms with Gasteiger partial charge in [0.1, 0.15) is 5.75 Å². The van der Waals surface area contributed by atoms with Crippen molar-refractivity contribution in [2.45, 2.75) is 18.8 Å². The summed E-state index contributed by atoms with van der Waals surface area (Å²) in [7, 11) is 0. The van der Waals surface area contributed by atoms with Crippen LogP contribution in [0, 0.1) is 0 Å². The molecule has 0 aliphatic carbocycles. The minimum absolute atomic E-state index is 0.277. The molecule has 1 aromatic carbocycles. The minimum atomic E-state index is -4.72. The Morgan fingerprint density at radius 1 is 1.19 bits per heavy atom. The highest BCUT2D eigenvalue weighted by Crippen LogP contribution is 2.26. The van der Waals surface area contributed by atoms with Gasteiger partial charge in [0.2, 0.25) is 0 Å². The minimum Gasteiger partial charge on any atom is -0.406 e. The van der Waals surface area contributed by atoms with Gasteiger partial charge in [0.05, 0.1) is 6.04 Å². The van der Waals surface area contributed by atoms with E-state index in [1.165, 1.54) is 18.2 Å². The molecule has 0 saturated carbocycles. The molecule has 0 spiro atoms. The Hall–Kier alpha value is -2.12. The molecule has 2 aromatic rings. The van der Waals surface area contributed by atoms with Gasteiger partial charge in [-0.25, -0.2) is 0 Å². The number of hydrazine groups is 1. The molecule has 0 amide bonds. The molecule has 0 radical (unpaired) electrons. The van der Waals surface area contributed by atoms with Crippen LogP contribution >= 0.6 is 0 Å². The maximum Gasteiger partial charge on any atom is 0.573 e. The van der Waals surface area contributed by atoms with Gasteiger partial charge in [0.15, 0.2) is 0 Å². The second kappa shape index (κ2) is 6.55. The summed E-state index contributed by atoms with van der Waals surface area (Å²) in [5.41, 5.74) is 3.95. The normalized spacial score (nSPS) is 13.0. The van der Waals surface area contributed by atoms with Crippen molar-refractivity contribution in [2.24, 2.45) is 5.84 Å². The molecule has 0 aliphatic heterocycles. The molecule has 3 N–H and O–H groups in total. The van der Waals surface area contributed by atoms with Crippen LogP contribution in [0.2, 0.25) is 0 Å². The van der Waals surface area contributed by atoms with Crippen molar-refractivity contribution in [1.82, 2.24) is 10.4 Å². The lowest BCUT2D eigenvalue weighted by atomic mass is 10.0. The number of nitrogens with two attached hydrogens (primary N) is 1. The monoisotopic (exact) mass is 297 g/mol. The van der Waals surface area contributed by atoms with Crippen molar-refractivity contribution in [2.75, 3.05) is 0 Å². The molecule has 2 rings (SSSR count). The first kappa shape index (κ1) is 15.3. The first-order valence-electron chi connectivity index (χ1n) is 6.19. The van der Waals surface area contributed by atoms with Gasteiger partial charge in [-0.1, -0.05) is 18.2 Å². The van der Waals surface area contributed by atoms with E-state index in [4.69, 9.17) is 5.84 Å². The number of rotatable bonds is 5. The number of ether oxygens (including phenoxy) is 1. The number of nitrogens with one attached hydrogen (secondary N) is 1. The maximum atomic E-state index is 12.2. The zero-order valence-corrected chi connectivity index (χ0v) is 11.0. The van der Waals surface area contributed by atoms with E-state index >= 15 is 0 Å². The third-order valence-electron chi connectivity index (χ3n) is 2.83. The highest BCUT2D eigenvalue weighted by molar-refractivity contribution is 5.31. The highest BCUT2D eigenvalue weighted by atomic mass is 19.4. The lowest BCUT2D eigenvalue weighted by Crippen LogP contribution is -2.30. The van der Waals surface area contributed by atoms with Gasteiger partial charge in [0, 0.05) is 18.3 Å². The third-order valence-corrected chi connectivity index (χ3v) is 2.83. The van der Waals surface area contributed by atoms with E-state index in [0.29, 0.717) is 12.0 Å². The zero-order chi connectivity index (χ0) is 15.3. The van der Waals surface area contributed by atoms with E-state index in [9.17, 15) is 13.2 Å². The molecule has 21 heavy (non-hydrogen) atoms. The Kier molecular flexibility index (Phi) is 4.77. The van der Waals surface area contributed by atoms with Crippen LogP contribution in [0.4, 0.5) is 13.2 Å². The summed E-state index contributed by atoms with van der Waals surface area (Å²) in [6.07, 6.45) is -2.62. The van der Waals surface area contributed by atoms with E-state index in [1.54, 1.807) is 18.3 Å². The highest BCUT2D eigenvalue weighted by Gasteiger charge is 2.31. The van der Waals surface area contributed by atoms with Crippen molar-refractivity contribution < 1.29 is 17.9 Å². The average Bonchev–Trinajstić information content (AvgIpc) is 2.44. The molecule has 4 nitrogen and oxygen atoms in total. The van der Waals surface area contributed by atoms with Gasteiger partial charge in [-0.3, -0.25) is 16.3 Å². The third kappa shape index (κ3) is 4.73. The van der Waals surface area contributed by atoms with Crippen molar-refractivity contribution in [3.8, 4) is 5.75 Å². The fraction of sp³-hybridized carbons (Fsp3) is 0.214. The van der Waals surface area contributed by atoms with Crippen LogP contribution in [0.15, 0.2) is 48.7 Å². The molecular weight excluding hydrogens is 283 g/mol. The summed E-state index contributed by atoms with van der Waals surface area (Å²) in [5.74, 6) is 5.21. The standard InChI is InChI=1S/C14H14F3N3O/c15-14(16,17)21-12-6-3-4-10(8-12)13(20-18)9-11-5-1-2-7-19-11/h1-8,13,20H,9,18H2. The maximum absolute atomic E-state index is 12.2. The van der Waals surface area contributed by atoms with E-state index in [0.717, 1.165) is 5.69 Å². The molecular formula is C14H14F3N3O. The number of halogens is 3. The Labute approximate surface area is 119 Å². The Bertz CT molecular complexity index is 575. The van der Waals surface area contributed by atoms with Crippen LogP contribution in [0.5, 0.6) is 5.75 Å². The van der Waals surface area contributed by atoms with E-state index in [-0.39, 0.29) is 11.8 Å². The Morgan fingerprint density at radius 3 is 2.62 bits per heavy atom.